The van der Waals surface area contributed by atoms with Crippen LogP contribution >= 0.6 is 0 Å². The monoisotopic (exact) mass is 759 g/mol. The number of hydrogen-bond acceptors (Lipinski definition) is 9. The van der Waals surface area contributed by atoms with E-state index < -0.39 is 29.1 Å². The molecule has 0 unspecified atom stereocenters. The number of nitrogens with zero attached hydrogens (tertiary/aromatic N) is 5. The van der Waals surface area contributed by atoms with Crippen LogP contribution in [0.5, 0.6) is 0 Å². The standard InChI is InChI=1S/C35H41F2N7O3.C2HF3O2/c1-23(45)41-32-16-27-28(20-43(2)30(27)18-40-32)29-14-25(15-31(42-29)34(46-3)9-13-47-22-34)24-4-5-26(39-17-24)19-44-12-8-33(35(36,37)21-44)6-10-38-11-7-33;3-2(4,5)1(6)7/h4-5,14-18,20,38H,6-13,19,21-22H2,1-3H3,(H,40,41,45);(H,6,7)/t34-;/m0./s1. The van der Waals surface area contributed by atoms with Gasteiger partial charge in [0, 0.05) is 75.0 Å². The first-order chi connectivity index (χ1) is 25.5. The fraction of sp³-hybridized carbons (Fsp3) is 0.486. The lowest BCUT2D eigenvalue weighted by molar-refractivity contribution is -0.192. The number of methoxy groups -OCH3 is 1. The van der Waals surface area contributed by atoms with Gasteiger partial charge in [-0.15, -0.1) is 0 Å². The largest absolute Gasteiger partial charge is 0.490 e. The Labute approximate surface area is 308 Å². The van der Waals surface area contributed by atoms with Gasteiger partial charge in [0.15, 0.2) is 0 Å². The number of carbonyl (C=O) groups excluding carboxylic acids is 1. The molecule has 0 aromatic carbocycles. The Balaban J connectivity index is 0.000000649. The molecule has 17 heteroatoms. The Morgan fingerprint density at radius 2 is 1.80 bits per heavy atom. The van der Waals surface area contributed by atoms with Crippen molar-refractivity contribution in [2.45, 2.75) is 56.9 Å². The summed E-state index contributed by atoms with van der Waals surface area (Å²) in [5.41, 5.74) is 4.21. The number of carbonyl (C=O) groups is 2. The molecule has 3 aliphatic rings. The van der Waals surface area contributed by atoms with E-state index in [0.717, 1.165) is 44.7 Å². The third-order valence-corrected chi connectivity index (χ3v) is 10.6. The third-order valence-electron chi connectivity index (χ3n) is 10.6. The number of aryl methyl sites for hydroxylation is 1. The minimum atomic E-state index is -5.08. The van der Waals surface area contributed by atoms with Crippen LogP contribution in [0.3, 0.4) is 0 Å². The molecular weight excluding hydrogens is 717 g/mol. The van der Waals surface area contributed by atoms with Gasteiger partial charge in [0.2, 0.25) is 5.91 Å². The van der Waals surface area contributed by atoms with Crippen molar-refractivity contribution >= 4 is 28.6 Å². The highest BCUT2D eigenvalue weighted by Gasteiger charge is 2.56. The van der Waals surface area contributed by atoms with E-state index in [9.17, 15) is 18.0 Å². The van der Waals surface area contributed by atoms with Gasteiger partial charge in [-0.05, 0) is 68.7 Å². The molecule has 4 aromatic heterocycles. The molecule has 12 nitrogen and oxygen atoms in total. The van der Waals surface area contributed by atoms with E-state index in [0.29, 0.717) is 70.9 Å². The molecule has 54 heavy (non-hydrogen) atoms. The second kappa shape index (κ2) is 15.3. The summed E-state index contributed by atoms with van der Waals surface area (Å²) in [7, 11) is 3.63. The number of halogens is 5. The van der Waals surface area contributed by atoms with Crippen molar-refractivity contribution in [1.82, 2.24) is 29.7 Å². The average Bonchev–Trinajstić information content (AvgIpc) is 3.75. The number of rotatable bonds is 7. The predicted molar refractivity (Wildman–Crippen MR) is 189 cm³/mol. The molecule has 3 N–H and O–H groups in total. The van der Waals surface area contributed by atoms with Gasteiger partial charge >= 0.3 is 12.1 Å². The van der Waals surface area contributed by atoms with Crippen LogP contribution < -0.4 is 10.6 Å². The molecular formula is C37H42F5N7O5. The van der Waals surface area contributed by atoms with Crippen LogP contribution in [0, 0.1) is 5.41 Å². The summed E-state index contributed by atoms with van der Waals surface area (Å²) >= 11 is 0. The van der Waals surface area contributed by atoms with Crippen molar-refractivity contribution in [1.29, 1.82) is 0 Å². The Bertz CT molecular complexity index is 1990. The summed E-state index contributed by atoms with van der Waals surface area (Å²) < 4.78 is 76.4. The third kappa shape index (κ3) is 8.09. The number of likely N-dealkylation sites (tertiary alicyclic amines) is 1. The van der Waals surface area contributed by atoms with Gasteiger partial charge in [-0.3, -0.25) is 14.7 Å². The Morgan fingerprint density at radius 3 is 2.39 bits per heavy atom. The van der Waals surface area contributed by atoms with E-state index in [2.05, 4.69) is 15.6 Å². The molecule has 3 aliphatic heterocycles. The van der Waals surface area contributed by atoms with Crippen LogP contribution in [-0.2, 0) is 38.3 Å². The molecule has 1 amide bonds. The maximum absolute atomic E-state index is 15.4. The number of ether oxygens (including phenoxy) is 2. The van der Waals surface area contributed by atoms with Gasteiger partial charge in [0.1, 0.15) is 11.4 Å². The molecule has 7 heterocycles. The number of piperidine rings is 2. The zero-order valence-corrected chi connectivity index (χ0v) is 30.1. The first-order valence-corrected chi connectivity index (χ1v) is 17.5. The van der Waals surface area contributed by atoms with Crippen molar-refractivity contribution in [3.8, 4) is 22.4 Å². The molecule has 3 saturated heterocycles. The molecule has 7 rings (SSSR count). The number of carboxylic acid groups (broad SMARTS) is 1. The maximum Gasteiger partial charge on any atom is 0.490 e. The smallest absolute Gasteiger partial charge is 0.475 e. The second-order valence-corrected chi connectivity index (χ2v) is 14.1. The van der Waals surface area contributed by atoms with Crippen molar-refractivity contribution in [2.75, 3.05) is 51.8 Å². The predicted octanol–water partition coefficient (Wildman–Crippen LogP) is 5.76. The van der Waals surface area contributed by atoms with Crippen molar-refractivity contribution in [2.24, 2.45) is 12.5 Å². The molecule has 3 fully saturated rings. The van der Waals surface area contributed by atoms with E-state index in [-0.39, 0.29) is 12.5 Å². The van der Waals surface area contributed by atoms with Crippen LogP contribution in [0.2, 0.25) is 0 Å². The van der Waals surface area contributed by atoms with Crippen molar-refractivity contribution in [3.05, 3.63) is 60.3 Å². The summed E-state index contributed by atoms with van der Waals surface area (Å²) in [4.78, 5) is 36.8. The zero-order valence-electron chi connectivity index (χ0n) is 30.1. The lowest BCUT2D eigenvalue weighted by Crippen LogP contribution is -2.58. The number of carboxylic acids is 1. The second-order valence-electron chi connectivity index (χ2n) is 14.1. The highest BCUT2D eigenvalue weighted by molar-refractivity contribution is 5.98. The van der Waals surface area contributed by atoms with E-state index in [1.54, 1.807) is 19.5 Å². The van der Waals surface area contributed by atoms with Gasteiger partial charge in [-0.25, -0.2) is 23.5 Å². The number of fused-ring (bicyclic) bond motifs is 1. The highest BCUT2D eigenvalue weighted by Crippen LogP contribution is 2.50. The number of aromatic nitrogens is 4. The Morgan fingerprint density at radius 1 is 1.06 bits per heavy atom. The molecule has 290 valence electrons. The Hall–Kier alpha value is -4.58. The summed E-state index contributed by atoms with van der Waals surface area (Å²) in [6, 6.07) is 9.83. The minimum absolute atomic E-state index is 0.198. The van der Waals surface area contributed by atoms with E-state index in [1.165, 1.54) is 6.92 Å². The SMILES string of the molecule is CO[C@@]1(c2cc(-c3ccc(CN4CCC5(CCNCC5)C(F)(F)C4)nc3)cc(-c3cn(C)c4cnc(NC(C)=O)cc34)n2)CCOC1.O=C(O)C(F)(F)F. The average molecular weight is 760 g/mol. The normalized spacial score (nSPS) is 21.1. The van der Waals surface area contributed by atoms with E-state index in [1.807, 2.05) is 53.0 Å². The van der Waals surface area contributed by atoms with Gasteiger partial charge in [0.05, 0.1) is 41.9 Å². The number of aliphatic carboxylic acids is 1. The zero-order chi connectivity index (χ0) is 38.9. The molecule has 1 spiro atoms. The van der Waals surface area contributed by atoms with Crippen molar-refractivity contribution in [3.63, 3.8) is 0 Å². The number of anilines is 1. The Kier molecular flexibility index (Phi) is 11.1. The molecule has 0 bridgehead atoms. The first-order valence-electron chi connectivity index (χ1n) is 17.5. The highest BCUT2D eigenvalue weighted by atomic mass is 19.4. The van der Waals surface area contributed by atoms with Crippen LogP contribution in [0.4, 0.5) is 27.8 Å². The van der Waals surface area contributed by atoms with Crippen LogP contribution in [0.25, 0.3) is 33.3 Å². The quantitative estimate of drug-likeness (QED) is 0.199. The summed E-state index contributed by atoms with van der Waals surface area (Å²) in [6.07, 6.45) is 2.70. The minimum Gasteiger partial charge on any atom is -0.475 e. The van der Waals surface area contributed by atoms with Crippen LogP contribution in [0.15, 0.2) is 48.9 Å². The van der Waals surface area contributed by atoms with E-state index >= 15 is 8.78 Å². The lowest BCUT2D eigenvalue weighted by atomic mass is 9.69. The topological polar surface area (TPSA) is 144 Å². The molecule has 0 saturated carbocycles. The lowest BCUT2D eigenvalue weighted by Gasteiger charge is -2.49. The number of nitrogens with one attached hydrogen (secondary N) is 2. The van der Waals surface area contributed by atoms with Gasteiger partial charge < -0.3 is 29.8 Å². The fourth-order valence-electron chi connectivity index (χ4n) is 7.47. The van der Waals surface area contributed by atoms with Crippen LogP contribution in [0.1, 0.15) is 44.0 Å². The number of alkyl halides is 5. The van der Waals surface area contributed by atoms with Gasteiger partial charge in [-0.2, -0.15) is 13.2 Å². The number of hydrogen-bond donors (Lipinski definition) is 3. The molecule has 4 aromatic rings. The molecule has 0 radical (unpaired) electrons. The van der Waals surface area contributed by atoms with Crippen molar-refractivity contribution < 1.29 is 46.1 Å². The molecule has 0 aliphatic carbocycles. The summed E-state index contributed by atoms with van der Waals surface area (Å²) in [6.45, 7) is 4.51. The fourth-order valence-corrected chi connectivity index (χ4v) is 7.47. The van der Waals surface area contributed by atoms with Crippen LogP contribution in [-0.4, -0.2) is 100 Å². The summed E-state index contributed by atoms with van der Waals surface area (Å²) in [5, 5.41) is 14.0. The molecule has 1 atom stereocenters. The van der Waals surface area contributed by atoms with Gasteiger partial charge in [0.25, 0.3) is 5.92 Å². The number of amides is 1. The number of pyridine rings is 3. The van der Waals surface area contributed by atoms with E-state index in [4.69, 9.17) is 29.3 Å². The first kappa shape index (κ1) is 39.1. The maximum atomic E-state index is 15.4. The van der Waals surface area contributed by atoms with Gasteiger partial charge in [-0.1, -0.05) is 6.07 Å². The summed E-state index contributed by atoms with van der Waals surface area (Å²) in [5.74, 6) is -5.22.